The number of aryl methyl sites for hydroxylation is 2. The number of ether oxygens (including phenoxy) is 1. The van der Waals surface area contributed by atoms with Crippen LogP contribution < -0.4 is 15.8 Å². The number of hydrogen-bond donors (Lipinski definition) is 2. The van der Waals surface area contributed by atoms with Crippen molar-refractivity contribution in [2.24, 2.45) is 0 Å². The van der Waals surface area contributed by atoms with E-state index in [0.717, 1.165) is 16.7 Å². The van der Waals surface area contributed by atoms with Gasteiger partial charge in [-0.05, 0) is 66.9 Å². The molecule has 0 saturated heterocycles. The molecule has 1 amide bonds. The van der Waals surface area contributed by atoms with Crippen molar-refractivity contribution in [1.82, 2.24) is 10.3 Å². The van der Waals surface area contributed by atoms with Gasteiger partial charge in [0, 0.05) is 12.7 Å². The Balaban J connectivity index is 1.63. The van der Waals surface area contributed by atoms with Gasteiger partial charge >= 0.3 is 0 Å². The maximum absolute atomic E-state index is 12.2. The summed E-state index contributed by atoms with van der Waals surface area (Å²) < 4.78 is 5.87. The van der Waals surface area contributed by atoms with Gasteiger partial charge in [-0.1, -0.05) is 23.7 Å². The smallest absolute Gasteiger partial charge is 0.255 e. The monoisotopic (exact) mass is 381 g/mol. The molecule has 0 aliphatic rings. The molecular weight excluding hydrogens is 362 g/mol. The molecule has 27 heavy (non-hydrogen) atoms. The highest BCUT2D eigenvalue weighted by Gasteiger charge is 2.10. The molecule has 1 heterocycles. The number of nitrogens with two attached hydrogens (primary N) is 1. The van der Waals surface area contributed by atoms with E-state index >= 15 is 0 Å². The van der Waals surface area contributed by atoms with Crippen molar-refractivity contribution in [2.75, 3.05) is 5.73 Å². The zero-order valence-corrected chi connectivity index (χ0v) is 15.9. The number of benzene rings is 2. The summed E-state index contributed by atoms with van der Waals surface area (Å²) in [6, 6.07) is 14.6. The number of pyridine rings is 1. The molecule has 0 radical (unpaired) electrons. The van der Waals surface area contributed by atoms with Crippen molar-refractivity contribution >= 4 is 23.3 Å². The SMILES string of the molecule is Cc1cc(Cl)c(Oc2ccc(CNC(=O)c3cccnc3N)cc2)cc1C. The first-order valence-corrected chi connectivity index (χ1v) is 8.84. The fraction of sp³-hybridized carbons (Fsp3) is 0.143. The van der Waals surface area contributed by atoms with Gasteiger partial charge in [0.05, 0.1) is 10.6 Å². The van der Waals surface area contributed by atoms with Gasteiger partial charge in [-0.3, -0.25) is 4.79 Å². The highest BCUT2D eigenvalue weighted by molar-refractivity contribution is 6.32. The second-order valence-electron chi connectivity index (χ2n) is 6.23. The Labute approximate surface area is 163 Å². The maximum Gasteiger partial charge on any atom is 0.255 e. The number of carbonyl (C=O) groups excluding carboxylic acids is 1. The van der Waals surface area contributed by atoms with E-state index in [1.165, 1.54) is 0 Å². The average molecular weight is 382 g/mol. The van der Waals surface area contributed by atoms with Crippen molar-refractivity contribution in [1.29, 1.82) is 0 Å². The number of aromatic nitrogens is 1. The summed E-state index contributed by atoms with van der Waals surface area (Å²) >= 11 is 6.25. The standard InChI is InChI=1S/C21H20ClN3O2/c1-13-10-18(22)19(11-14(13)2)27-16-7-5-15(6-8-16)12-25-21(26)17-4-3-9-24-20(17)23/h3-11H,12H2,1-2H3,(H2,23,24)(H,25,26). The maximum atomic E-state index is 12.2. The molecule has 0 atom stereocenters. The Morgan fingerprint density at radius 1 is 1.15 bits per heavy atom. The van der Waals surface area contributed by atoms with Gasteiger partial charge in [0.15, 0.2) is 0 Å². The summed E-state index contributed by atoms with van der Waals surface area (Å²) in [6.07, 6.45) is 1.55. The zero-order valence-electron chi connectivity index (χ0n) is 15.1. The minimum atomic E-state index is -0.261. The molecule has 0 aliphatic carbocycles. The number of rotatable bonds is 5. The predicted octanol–water partition coefficient (Wildman–Crippen LogP) is 4.66. The van der Waals surface area contributed by atoms with E-state index in [1.54, 1.807) is 18.3 Å². The number of nitrogens with one attached hydrogen (secondary N) is 1. The van der Waals surface area contributed by atoms with Crippen LogP contribution in [0.4, 0.5) is 5.82 Å². The van der Waals surface area contributed by atoms with E-state index in [4.69, 9.17) is 22.1 Å². The van der Waals surface area contributed by atoms with Crippen LogP contribution in [0.1, 0.15) is 27.0 Å². The molecule has 6 heteroatoms. The second kappa shape index (κ2) is 8.10. The number of anilines is 1. The Bertz CT molecular complexity index is 972. The van der Waals surface area contributed by atoms with E-state index in [2.05, 4.69) is 10.3 Å². The van der Waals surface area contributed by atoms with Crippen LogP contribution in [0, 0.1) is 13.8 Å². The average Bonchev–Trinajstić information content (AvgIpc) is 2.65. The quantitative estimate of drug-likeness (QED) is 0.674. The molecular formula is C21H20ClN3O2. The fourth-order valence-electron chi connectivity index (χ4n) is 2.52. The number of hydrogen-bond acceptors (Lipinski definition) is 4. The van der Waals surface area contributed by atoms with Crippen molar-refractivity contribution < 1.29 is 9.53 Å². The third-order valence-electron chi connectivity index (χ3n) is 4.24. The molecule has 0 bridgehead atoms. The van der Waals surface area contributed by atoms with Crippen molar-refractivity contribution in [3.8, 4) is 11.5 Å². The summed E-state index contributed by atoms with van der Waals surface area (Å²) in [6.45, 7) is 4.39. The van der Waals surface area contributed by atoms with Gasteiger partial charge in [-0.25, -0.2) is 4.98 Å². The molecule has 0 spiro atoms. The predicted molar refractivity (Wildman–Crippen MR) is 107 cm³/mol. The van der Waals surface area contributed by atoms with E-state index in [9.17, 15) is 4.79 Å². The number of halogens is 1. The highest BCUT2D eigenvalue weighted by Crippen LogP contribution is 2.31. The van der Waals surface area contributed by atoms with E-state index < -0.39 is 0 Å². The molecule has 1 aromatic heterocycles. The summed E-state index contributed by atoms with van der Waals surface area (Å²) in [7, 11) is 0. The Morgan fingerprint density at radius 3 is 2.56 bits per heavy atom. The van der Waals surface area contributed by atoms with Crippen molar-refractivity contribution in [3.05, 3.63) is 82.0 Å². The summed E-state index contributed by atoms with van der Waals surface area (Å²) in [4.78, 5) is 16.1. The molecule has 0 unspecified atom stereocenters. The van der Waals surface area contributed by atoms with Crippen molar-refractivity contribution in [2.45, 2.75) is 20.4 Å². The van der Waals surface area contributed by atoms with Crippen LogP contribution in [0.5, 0.6) is 11.5 Å². The van der Waals surface area contributed by atoms with Crippen LogP contribution >= 0.6 is 11.6 Å². The topological polar surface area (TPSA) is 77.2 Å². The Morgan fingerprint density at radius 2 is 1.85 bits per heavy atom. The lowest BCUT2D eigenvalue weighted by Crippen LogP contribution is -2.24. The second-order valence-corrected chi connectivity index (χ2v) is 6.64. The summed E-state index contributed by atoms with van der Waals surface area (Å²) in [5, 5.41) is 3.40. The third-order valence-corrected chi connectivity index (χ3v) is 4.53. The molecule has 0 saturated carbocycles. The lowest BCUT2D eigenvalue weighted by Gasteiger charge is -2.11. The lowest BCUT2D eigenvalue weighted by molar-refractivity contribution is 0.0951. The fourth-order valence-corrected chi connectivity index (χ4v) is 2.78. The zero-order chi connectivity index (χ0) is 19.4. The van der Waals surface area contributed by atoms with Gasteiger partial charge in [-0.15, -0.1) is 0 Å². The van der Waals surface area contributed by atoms with E-state index in [0.29, 0.717) is 28.6 Å². The van der Waals surface area contributed by atoms with Gasteiger partial charge in [0.2, 0.25) is 0 Å². The van der Waals surface area contributed by atoms with Crippen LogP contribution in [0.3, 0.4) is 0 Å². The lowest BCUT2D eigenvalue weighted by atomic mass is 10.1. The van der Waals surface area contributed by atoms with Gasteiger partial charge in [-0.2, -0.15) is 0 Å². The first kappa shape index (κ1) is 18.7. The van der Waals surface area contributed by atoms with Crippen molar-refractivity contribution in [3.63, 3.8) is 0 Å². The molecule has 3 aromatic rings. The molecule has 0 aliphatic heterocycles. The van der Waals surface area contributed by atoms with E-state index in [1.807, 2.05) is 50.2 Å². The molecule has 3 rings (SSSR count). The van der Waals surface area contributed by atoms with Crippen LogP contribution in [-0.4, -0.2) is 10.9 Å². The van der Waals surface area contributed by atoms with Gasteiger partial charge in [0.1, 0.15) is 17.3 Å². The number of amides is 1. The largest absolute Gasteiger partial charge is 0.456 e. The van der Waals surface area contributed by atoms with E-state index in [-0.39, 0.29) is 11.7 Å². The van der Waals surface area contributed by atoms with Gasteiger partial charge < -0.3 is 15.8 Å². The molecule has 138 valence electrons. The molecule has 3 N–H and O–H groups in total. The minimum Gasteiger partial charge on any atom is -0.456 e. The van der Waals surface area contributed by atoms with Crippen LogP contribution in [-0.2, 0) is 6.54 Å². The van der Waals surface area contributed by atoms with Crippen LogP contribution in [0.15, 0.2) is 54.7 Å². The molecule has 2 aromatic carbocycles. The number of nitrogens with zero attached hydrogens (tertiary/aromatic N) is 1. The van der Waals surface area contributed by atoms with Gasteiger partial charge in [0.25, 0.3) is 5.91 Å². The first-order chi connectivity index (χ1) is 12.9. The van der Waals surface area contributed by atoms with Crippen LogP contribution in [0.25, 0.3) is 0 Å². The summed E-state index contributed by atoms with van der Waals surface area (Å²) in [5.41, 5.74) is 9.25. The summed E-state index contributed by atoms with van der Waals surface area (Å²) in [5.74, 6) is 1.24. The Kier molecular flexibility index (Phi) is 5.62. The third kappa shape index (κ3) is 4.57. The Hall–Kier alpha value is -3.05. The minimum absolute atomic E-state index is 0.212. The number of nitrogen functional groups attached to an aromatic ring is 1. The molecule has 5 nitrogen and oxygen atoms in total. The first-order valence-electron chi connectivity index (χ1n) is 8.46. The molecule has 0 fully saturated rings. The number of carbonyl (C=O) groups is 1. The normalized spacial score (nSPS) is 10.5. The highest BCUT2D eigenvalue weighted by atomic mass is 35.5. The van der Waals surface area contributed by atoms with Crippen LogP contribution in [0.2, 0.25) is 5.02 Å².